The Balaban J connectivity index is 1.69. The number of aliphatic imine (C=N–C) groups is 1. The standard InChI is InChI=1S/C19H22N2O4/c1-2-3-13-4-8-15(9-5-13)18-20-17(19(22)25-18)12-14-6-10-16(11-7-14)21(23)24/h6-7,10-13,15H,2-5,8-9H2,1H3/b17-12+. The minimum atomic E-state index is -0.452. The highest BCUT2D eigenvalue weighted by Crippen LogP contribution is 2.34. The number of nitro benzene ring substituents is 1. The summed E-state index contributed by atoms with van der Waals surface area (Å²) in [5, 5.41) is 10.7. The summed E-state index contributed by atoms with van der Waals surface area (Å²) in [6, 6.07) is 6.02. The molecular weight excluding hydrogens is 320 g/mol. The highest BCUT2D eigenvalue weighted by Gasteiger charge is 2.32. The Morgan fingerprint density at radius 3 is 2.52 bits per heavy atom. The molecule has 0 saturated heterocycles. The van der Waals surface area contributed by atoms with Crippen LogP contribution in [0.15, 0.2) is 35.0 Å². The van der Waals surface area contributed by atoms with E-state index in [4.69, 9.17) is 4.74 Å². The number of carbonyl (C=O) groups excluding carboxylic acids is 1. The number of ether oxygens (including phenoxy) is 1. The number of hydrogen-bond acceptors (Lipinski definition) is 5. The topological polar surface area (TPSA) is 81.8 Å². The molecule has 1 aromatic rings. The minimum Gasteiger partial charge on any atom is -0.406 e. The quantitative estimate of drug-likeness (QED) is 0.341. The number of non-ortho nitro benzene ring substituents is 1. The number of hydrogen-bond donors (Lipinski definition) is 0. The maximum absolute atomic E-state index is 12.1. The van der Waals surface area contributed by atoms with Gasteiger partial charge in [0.2, 0.25) is 5.90 Å². The first-order valence-corrected chi connectivity index (χ1v) is 8.83. The molecule has 0 spiro atoms. The molecule has 3 rings (SSSR count). The fourth-order valence-electron chi connectivity index (χ4n) is 3.56. The molecule has 0 aromatic heterocycles. The monoisotopic (exact) mass is 342 g/mol. The van der Waals surface area contributed by atoms with Crippen LogP contribution in [0.5, 0.6) is 0 Å². The maximum Gasteiger partial charge on any atom is 0.363 e. The van der Waals surface area contributed by atoms with E-state index in [-0.39, 0.29) is 17.3 Å². The van der Waals surface area contributed by atoms with Gasteiger partial charge in [-0.1, -0.05) is 19.8 Å². The highest BCUT2D eigenvalue weighted by molar-refractivity contribution is 6.07. The molecule has 2 aliphatic rings. The summed E-state index contributed by atoms with van der Waals surface area (Å²) >= 11 is 0. The molecule has 0 atom stereocenters. The van der Waals surface area contributed by atoms with Crippen molar-refractivity contribution in [3.05, 3.63) is 45.6 Å². The first kappa shape index (κ1) is 17.3. The molecule has 1 fully saturated rings. The zero-order chi connectivity index (χ0) is 17.8. The Hall–Kier alpha value is -2.50. The zero-order valence-electron chi connectivity index (χ0n) is 14.3. The summed E-state index contributed by atoms with van der Waals surface area (Å²) in [5.74, 6) is 1.10. The Kier molecular flexibility index (Phi) is 5.26. The average molecular weight is 342 g/mol. The van der Waals surface area contributed by atoms with Gasteiger partial charge in [-0.05, 0) is 55.4 Å². The van der Waals surface area contributed by atoms with Gasteiger partial charge in [-0.3, -0.25) is 10.1 Å². The molecular formula is C19H22N2O4. The molecule has 6 nitrogen and oxygen atoms in total. The van der Waals surface area contributed by atoms with Crippen LogP contribution in [0.3, 0.4) is 0 Å². The predicted molar refractivity (Wildman–Crippen MR) is 95.0 cm³/mol. The summed E-state index contributed by atoms with van der Waals surface area (Å²) in [6.45, 7) is 2.21. The number of carbonyl (C=O) groups is 1. The molecule has 25 heavy (non-hydrogen) atoms. The van der Waals surface area contributed by atoms with Crippen LogP contribution in [0.4, 0.5) is 5.69 Å². The van der Waals surface area contributed by atoms with E-state index in [1.54, 1.807) is 18.2 Å². The second kappa shape index (κ2) is 7.59. The Morgan fingerprint density at radius 2 is 1.92 bits per heavy atom. The van der Waals surface area contributed by atoms with Gasteiger partial charge in [0, 0.05) is 18.1 Å². The van der Waals surface area contributed by atoms with Crippen molar-refractivity contribution in [2.24, 2.45) is 16.8 Å². The lowest BCUT2D eigenvalue weighted by atomic mass is 9.80. The molecule has 1 saturated carbocycles. The van der Waals surface area contributed by atoms with Gasteiger partial charge in [0.25, 0.3) is 5.69 Å². The van der Waals surface area contributed by atoms with Crippen molar-refractivity contribution in [2.45, 2.75) is 45.4 Å². The molecule has 132 valence electrons. The molecule has 6 heteroatoms. The van der Waals surface area contributed by atoms with Crippen LogP contribution < -0.4 is 0 Å². The van der Waals surface area contributed by atoms with E-state index in [0.717, 1.165) is 31.6 Å². The van der Waals surface area contributed by atoms with Crippen LogP contribution in [0, 0.1) is 22.0 Å². The summed E-state index contributed by atoms with van der Waals surface area (Å²) in [5.41, 5.74) is 0.970. The molecule has 0 unspecified atom stereocenters. The lowest BCUT2D eigenvalue weighted by Crippen LogP contribution is -2.22. The smallest absolute Gasteiger partial charge is 0.363 e. The molecule has 1 aromatic carbocycles. The fraction of sp³-hybridized carbons (Fsp3) is 0.474. The molecule has 0 N–H and O–H groups in total. The Morgan fingerprint density at radius 1 is 1.24 bits per heavy atom. The van der Waals surface area contributed by atoms with Crippen molar-refractivity contribution in [1.29, 1.82) is 0 Å². The third-order valence-corrected chi connectivity index (χ3v) is 4.94. The van der Waals surface area contributed by atoms with E-state index in [0.29, 0.717) is 11.5 Å². The van der Waals surface area contributed by atoms with E-state index in [1.807, 2.05) is 0 Å². The van der Waals surface area contributed by atoms with Crippen molar-refractivity contribution in [1.82, 2.24) is 0 Å². The van der Waals surface area contributed by atoms with E-state index in [1.165, 1.54) is 25.0 Å². The van der Waals surface area contributed by atoms with Crippen LogP contribution >= 0.6 is 0 Å². The van der Waals surface area contributed by atoms with Gasteiger partial charge in [0.1, 0.15) is 0 Å². The Bertz CT molecular complexity index is 713. The van der Waals surface area contributed by atoms with E-state index < -0.39 is 10.9 Å². The number of cyclic esters (lactones) is 1. The molecule has 1 heterocycles. The van der Waals surface area contributed by atoms with Gasteiger partial charge >= 0.3 is 5.97 Å². The summed E-state index contributed by atoms with van der Waals surface area (Å²) in [6.07, 6.45) is 8.45. The van der Waals surface area contributed by atoms with Crippen molar-refractivity contribution in [2.75, 3.05) is 0 Å². The largest absolute Gasteiger partial charge is 0.406 e. The maximum atomic E-state index is 12.1. The van der Waals surface area contributed by atoms with Gasteiger partial charge in [-0.2, -0.15) is 0 Å². The van der Waals surface area contributed by atoms with Crippen molar-refractivity contribution >= 4 is 23.6 Å². The fourth-order valence-corrected chi connectivity index (χ4v) is 3.56. The predicted octanol–water partition coefficient (Wildman–Crippen LogP) is 4.50. The first-order chi connectivity index (χ1) is 12.1. The zero-order valence-corrected chi connectivity index (χ0v) is 14.3. The summed E-state index contributed by atoms with van der Waals surface area (Å²) < 4.78 is 5.38. The normalized spacial score (nSPS) is 24.9. The van der Waals surface area contributed by atoms with Crippen LogP contribution in [-0.4, -0.2) is 16.8 Å². The highest BCUT2D eigenvalue weighted by atomic mass is 16.6. The number of esters is 1. The van der Waals surface area contributed by atoms with Crippen LogP contribution in [0.1, 0.15) is 51.0 Å². The second-order valence-electron chi connectivity index (χ2n) is 6.72. The molecule has 0 radical (unpaired) electrons. The minimum absolute atomic E-state index is 0.0178. The van der Waals surface area contributed by atoms with E-state index >= 15 is 0 Å². The van der Waals surface area contributed by atoms with Crippen molar-refractivity contribution in [3.8, 4) is 0 Å². The molecule has 1 aliphatic carbocycles. The van der Waals surface area contributed by atoms with Crippen molar-refractivity contribution in [3.63, 3.8) is 0 Å². The Labute approximate surface area is 146 Å². The van der Waals surface area contributed by atoms with Gasteiger partial charge < -0.3 is 4.74 Å². The average Bonchev–Trinajstić information content (AvgIpc) is 2.97. The summed E-state index contributed by atoms with van der Waals surface area (Å²) in [7, 11) is 0. The summed E-state index contributed by atoms with van der Waals surface area (Å²) in [4.78, 5) is 26.7. The van der Waals surface area contributed by atoms with Crippen LogP contribution in [-0.2, 0) is 9.53 Å². The molecule has 0 amide bonds. The number of nitrogens with zero attached hydrogens (tertiary/aromatic N) is 2. The molecule has 0 bridgehead atoms. The number of benzene rings is 1. The van der Waals surface area contributed by atoms with Gasteiger partial charge in [-0.15, -0.1) is 0 Å². The number of rotatable bonds is 5. The van der Waals surface area contributed by atoms with E-state index in [2.05, 4.69) is 11.9 Å². The third-order valence-electron chi connectivity index (χ3n) is 4.94. The van der Waals surface area contributed by atoms with Gasteiger partial charge in [-0.25, -0.2) is 9.79 Å². The molecule has 1 aliphatic heterocycles. The third kappa shape index (κ3) is 4.13. The first-order valence-electron chi connectivity index (χ1n) is 8.83. The second-order valence-corrected chi connectivity index (χ2v) is 6.72. The lowest BCUT2D eigenvalue weighted by molar-refractivity contribution is -0.384. The lowest BCUT2D eigenvalue weighted by Gasteiger charge is -2.27. The van der Waals surface area contributed by atoms with Crippen molar-refractivity contribution < 1.29 is 14.5 Å². The van der Waals surface area contributed by atoms with Crippen LogP contribution in [0.25, 0.3) is 6.08 Å². The van der Waals surface area contributed by atoms with E-state index in [9.17, 15) is 14.9 Å². The number of nitro groups is 1. The van der Waals surface area contributed by atoms with Gasteiger partial charge in [0.15, 0.2) is 5.70 Å². The van der Waals surface area contributed by atoms with Gasteiger partial charge in [0.05, 0.1) is 4.92 Å². The SMILES string of the molecule is CCCC1CCC(C2=N/C(=C/c3ccc([N+](=O)[O-])cc3)C(=O)O2)CC1. The van der Waals surface area contributed by atoms with Crippen LogP contribution in [0.2, 0.25) is 0 Å².